The lowest BCUT2D eigenvalue weighted by molar-refractivity contribution is -0.121. The molecule has 1 atom stereocenters. The van der Waals surface area contributed by atoms with Crippen molar-refractivity contribution >= 4 is 11.6 Å². The number of nitrogens with zero attached hydrogens (tertiary/aromatic N) is 3. The van der Waals surface area contributed by atoms with Crippen molar-refractivity contribution in [2.75, 3.05) is 31.6 Å². The number of amides is 1. The molecular formula is C23H23FN4O4. The molecular weight excluding hydrogens is 415 g/mol. The predicted octanol–water partition coefficient (Wildman–Crippen LogP) is 3.50. The maximum absolute atomic E-state index is 13.1. The van der Waals surface area contributed by atoms with Crippen LogP contribution < -0.4 is 14.8 Å². The largest absolute Gasteiger partial charge is 0.486 e. The van der Waals surface area contributed by atoms with Crippen molar-refractivity contribution in [3.63, 3.8) is 0 Å². The average Bonchev–Trinajstić information content (AvgIpc) is 3.28. The zero-order valence-electron chi connectivity index (χ0n) is 17.4. The van der Waals surface area contributed by atoms with Crippen LogP contribution in [0, 0.1) is 11.7 Å². The van der Waals surface area contributed by atoms with E-state index >= 15 is 0 Å². The first-order valence-corrected chi connectivity index (χ1v) is 10.7. The van der Waals surface area contributed by atoms with E-state index in [4.69, 9.17) is 14.0 Å². The van der Waals surface area contributed by atoms with Gasteiger partial charge in [-0.05, 0) is 55.8 Å². The van der Waals surface area contributed by atoms with Crippen LogP contribution in [-0.4, -0.2) is 47.3 Å². The number of likely N-dealkylation sites (tertiary alicyclic amines) is 1. The number of benzene rings is 2. The molecule has 0 saturated carbocycles. The number of carbonyl (C=O) groups excluding carboxylic acids is 1. The van der Waals surface area contributed by atoms with Gasteiger partial charge < -0.3 is 19.3 Å². The summed E-state index contributed by atoms with van der Waals surface area (Å²) in [6.07, 6.45) is 1.72. The second-order valence-electron chi connectivity index (χ2n) is 7.94. The number of halogens is 1. The average molecular weight is 438 g/mol. The van der Waals surface area contributed by atoms with Crippen LogP contribution in [0.25, 0.3) is 11.4 Å². The molecule has 3 aromatic rings. The lowest BCUT2D eigenvalue weighted by atomic mass is 9.97. The van der Waals surface area contributed by atoms with Gasteiger partial charge in [-0.1, -0.05) is 5.16 Å². The lowest BCUT2D eigenvalue weighted by Gasteiger charge is -2.31. The Kier molecular flexibility index (Phi) is 5.72. The molecule has 1 aromatic heterocycles. The number of carbonyl (C=O) groups is 1. The van der Waals surface area contributed by atoms with Crippen molar-refractivity contribution < 1.29 is 23.2 Å². The number of aromatic nitrogens is 2. The van der Waals surface area contributed by atoms with Gasteiger partial charge in [0.15, 0.2) is 11.5 Å². The van der Waals surface area contributed by atoms with E-state index in [0.717, 1.165) is 19.4 Å². The maximum atomic E-state index is 13.1. The Morgan fingerprint density at radius 3 is 2.78 bits per heavy atom. The molecule has 32 heavy (non-hydrogen) atoms. The zero-order valence-corrected chi connectivity index (χ0v) is 17.4. The Labute approximate surface area is 184 Å². The molecule has 1 unspecified atom stereocenters. The third-order valence-electron chi connectivity index (χ3n) is 5.62. The standard InChI is InChI=1S/C23H23FN4O4/c24-17-5-3-15(4-6-17)22-26-21(32-27-22)14-28-9-1-2-16(13-28)23(29)25-18-7-8-19-20(12-18)31-11-10-30-19/h3-8,12,16H,1-2,9-11,13-14H2,(H,25,29). The Balaban J connectivity index is 1.19. The Morgan fingerprint density at radius 2 is 1.94 bits per heavy atom. The summed E-state index contributed by atoms with van der Waals surface area (Å²) in [5.41, 5.74) is 1.38. The van der Waals surface area contributed by atoms with Crippen LogP contribution in [0.1, 0.15) is 18.7 Å². The summed E-state index contributed by atoms with van der Waals surface area (Å²) in [5.74, 6) is 1.75. The normalized spacial score (nSPS) is 18.3. The fourth-order valence-electron chi connectivity index (χ4n) is 4.01. The summed E-state index contributed by atoms with van der Waals surface area (Å²) >= 11 is 0. The quantitative estimate of drug-likeness (QED) is 0.652. The van der Waals surface area contributed by atoms with Crippen molar-refractivity contribution in [3.05, 3.63) is 54.2 Å². The minimum atomic E-state index is -0.314. The molecule has 0 bridgehead atoms. The van der Waals surface area contributed by atoms with E-state index in [1.165, 1.54) is 12.1 Å². The number of hydrogen-bond donors (Lipinski definition) is 1. The lowest BCUT2D eigenvalue weighted by Crippen LogP contribution is -2.40. The highest BCUT2D eigenvalue weighted by Crippen LogP contribution is 2.33. The molecule has 1 saturated heterocycles. The van der Waals surface area contributed by atoms with E-state index < -0.39 is 0 Å². The predicted molar refractivity (Wildman–Crippen MR) is 114 cm³/mol. The highest BCUT2D eigenvalue weighted by Gasteiger charge is 2.27. The van der Waals surface area contributed by atoms with Crippen molar-refractivity contribution in [3.8, 4) is 22.9 Å². The summed E-state index contributed by atoms with van der Waals surface area (Å²) in [6, 6.07) is 11.4. The first-order valence-electron chi connectivity index (χ1n) is 10.7. The van der Waals surface area contributed by atoms with Crippen LogP contribution >= 0.6 is 0 Å². The molecule has 0 aliphatic carbocycles. The SMILES string of the molecule is O=C(Nc1ccc2c(c1)OCCO2)C1CCCN(Cc2nc(-c3ccc(F)cc3)no2)C1. The van der Waals surface area contributed by atoms with E-state index in [2.05, 4.69) is 20.4 Å². The van der Waals surface area contributed by atoms with E-state index in [0.29, 0.717) is 60.8 Å². The fourth-order valence-corrected chi connectivity index (χ4v) is 4.01. The van der Waals surface area contributed by atoms with Crippen molar-refractivity contribution in [2.45, 2.75) is 19.4 Å². The molecule has 2 aromatic carbocycles. The minimum Gasteiger partial charge on any atom is -0.486 e. The van der Waals surface area contributed by atoms with Crippen molar-refractivity contribution in [2.24, 2.45) is 5.92 Å². The zero-order chi connectivity index (χ0) is 21.9. The van der Waals surface area contributed by atoms with Gasteiger partial charge in [0.05, 0.1) is 12.5 Å². The maximum Gasteiger partial charge on any atom is 0.241 e. The van der Waals surface area contributed by atoms with Gasteiger partial charge >= 0.3 is 0 Å². The number of ether oxygens (including phenoxy) is 2. The Bertz CT molecular complexity index is 1100. The molecule has 0 radical (unpaired) electrons. The molecule has 9 heteroatoms. The Morgan fingerprint density at radius 1 is 1.12 bits per heavy atom. The fraction of sp³-hybridized carbons (Fsp3) is 0.348. The highest BCUT2D eigenvalue weighted by atomic mass is 19.1. The molecule has 0 spiro atoms. The van der Waals surface area contributed by atoms with Crippen molar-refractivity contribution in [1.82, 2.24) is 15.0 Å². The summed E-state index contributed by atoms with van der Waals surface area (Å²) in [5, 5.41) is 6.98. The van der Waals surface area contributed by atoms with Crippen molar-refractivity contribution in [1.29, 1.82) is 0 Å². The Hall–Kier alpha value is -3.46. The first-order chi connectivity index (χ1) is 15.6. The molecule has 1 amide bonds. The van der Waals surface area contributed by atoms with Gasteiger partial charge in [-0.25, -0.2) is 4.39 Å². The first kappa shape index (κ1) is 20.4. The third-order valence-corrected chi connectivity index (χ3v) is 5.62. The molecule has 5 rings (SSSR count). The molecule has 2 aliphatic heterocycles. The summed E-state index contributed by atoms with van der Waals surface area (Å²) in [6.45, 7) is 2.94. The topological polar surface area (TPSA) is 89.7 Å². The van der Waals surface area contributed by atoms with Gasteiger partial charge in [0.25, 0.3) is 0 Å². The second kappa shape index (κ2) is 8.96. The molecule has 2 aliphatic rings. The van der Waals surface area contributed by atoms with Crippen LogP contribution in [0.15, 0.2) is 47.0 Å². The molecule has 166 valence electrons. The van der Waals surface area contributed by atoms with Gasteiger partial charge in [-0.2, -0.15) is 4.98 Å². The van der Waals surface area contributed by atoms with Crippen LogP contribution in [0.4, 0.5) is 10.1 Å². The van der Waals surface area contributed by atoms with Crippen LogP contribution in [-0.2, 0) is 11.3 Å². The van der Waals surface area contributed by atoms with Crippen LogP contribution in [0.2, 0.25) is 0 Å². The smallest absolute Gasteiger partial charge is 0.241 e. The minimum absolute atomic E-state index is 0.0242. The number of fused-ring (bicyclic) bond motifs is 1. The number of hydrogen-bond acceptors (Lipinski definition) is 7. The van der Waals surface area contributed by atoms with E-state index in [1.54, 1.807) is 18.2 Å². The van der Waals surface area contributed by atoms with E-state index in [-0.39, 0.29) is 17.6 Å². The van der Waals surface area contributed by atoms with Gasteiger partial charge in [0.1, 0.15) is 19.0 Å². The number of nitrogens with one attached hydrogen (secondary N) is 1. The highest BCUT2D eigenvalue weighted by molar-refractivity contribution is 5.93. The van der Waals surface area contributed by atoms with Gasteiger partial charge in [-0.15, -0.1) is 0 Å². The molecule has 1 fully saturated rings. The molecule has 1 N–H and O–H groups in total. The summed E-state index contributed by atoms with van der Waals surface area (Å²) in [7, 11) is 0. The van der Waals surface area contributed by atoms with Gasteiger partial charge in [0.2, 0.25) is 17.6 Å². The number of rotatable bonds is 5. The summed E-state index contributed by atoms with van der Waals surface area (Å²) in [4.78, 5) is 19.4. The van der Waals surface area contributed by atoms with E-state index in [9.17, 15) is 9.18 Å². The third kappa shape index (κ3) is 4.57. The van der Waals surface area contributed by atoms with Crippen LogP contribution in [0.5, 0.6) is 11.5 Å². The molecule has 8 nitrogen and oxygen atoms in total. The molecule has 3 heterocycles. The van der Waals surface area contributed by atoms with E-state index in [1.807, 2.05) is 12.1 Å². The van der Waals surface area contributed by atoms with Gasteiger partial charge in [0, 0.05) is 23.9 Å². The number of piperidine rings is 1. The second-order valence-corrected chi connectivity index (χ2v) is 7.94. The summed E-state index contributed by atoms with van der Waals surface area (Å²) < 4.78 is 29.6. The monoisotopic (exact) mass is 438 g/mol. The number of anilines is 1. The van der Waals surface area contributed by atoms with Gasteiger partial charge in [-0.3, -0.25) is 9.69 Å². The van der Waals surface area contributed by atoms with Crippen LogP contribution in [0.3, 0.4) is 0 Å².